The fraction of sp³-hybridized carbons (Fsp3) is 1.00. The minimum atomic E-state index is 0.675. The van der Waals surface area contributed by atoms with Gasteiger partial charge in [0.25, 0.3) is 0 Å². The maximum atomic E-state index is 2.42. The molecule has 0 spiro atoms. The lowest BCUT2D eigenvalue weighted by Gasteiger charge is -2.15. The second-order valence-electron chi connectivity index (χ2n) is 5.41. The third-order valence-electron chi connectivity index (χ3n) is 3.12. The normalized spacial score (nSPS) is 30.5. The van der Waals surface area contributed by atoms with E-state index in [1.807, 2.05) is 0 Å². The van der Waals surface area contributed by atoms with Crippen LogP contribution in [0.15, 0.2) is 0 Å². The van der Waals surface area contributed by atoms with E-state index in [1.165, 1.54) is 12.8 Å². The van der Waals surface area contributed by atoms with Crippen LogP contribution in [0.2, 0.25) is 0 Å². The summed E-state index contributed by atoms with van der Waals surface area (Å²) in [7, 11) is 0. The van der Waals surface area contributed by atoms with E-state index in [4.69, 9.17) is 0 Å². The lowest BCUT2D eigenvalue weighted by atomic mass is 9.91. The van der Waals surface area contributed by atoms with Gasteiger partial charge in [0.05, 0.1) is 0 Å². The molecule has 0 aromatic heterocycles. The molecule has 2 atom stereocenters. The molecule has 0 aromatic carbocycles. The van der Waals surface area contributed by atoms with Gasteiger partial charge >= 0.3 is 0 Å². The molecule has 1 saturated carbocycles. The molecule has 66 valence electrons. The third-order valence-corrected chi connectivity index (χ3v) is 3.12. The van der Waals surface area contributed by atoms with Gasteiger partial charge in [0.15, 0.2) is 0 Å². The molecular formula is C11H22. The van der Waals surface area contributed by atoms with E-state index in [0.29, 0.717) is 5.41 Å². The highest BCUT2D eigenvalue weighted by atomic mass is 14.5. The predicted molar refractivity (Wildman–Crippen MR) is 50.5 cm³/mol. The monoisotopic (exact) mass is 154 g/mol. The fourth-order valence-electron chi connectivity index (χ4n) is 2.39. The SMILES string of the molecule is CC(C)CC(C)C1CC1(C)C. The van der Waals surface area contributed by atoms with Crippen LogP contribution in [0.5, 0.6) is 0 Å². The zero-order valence-electron chi connectivity index (χ0n) is 8.65. The second kappa shape index (κ2) is 2.80. The van der Waals surface area contributed by atoms with Gasteiger partial charge in [0, 0.05) is 0 Å². The number of hydrogen-bond acceptors (Lipinski definition) is 0. The topological polar surface area (TPSA) is 0 Å². The summed E-state index contributed by atoms with van der Waals surface area (Å²) < 4.78 is 0. The Balaban J connectivity index is 2.28. The van der Waals surface area contributed by atoms with Crippen LogP contribution in [0.4, 0.5) is 0 Å². The molecule has 1 rings (SSSR count). The summed E-state index contributed by atoms with van der Waals surface area (Å²) in [5.41, 5.74) is 0.675. The van der Waals surface area contributed by atoms with Crippen molar-refractivity contribution in [1.82, 2.24) is 0 Å². The van der Waals surface area contributed by atoms with Gasteiger partial charge in [-0.2, -0.15) is 0 Å². The average molecular weight is 154 g/mol. The quantitative estimate of drug-likeness (QED) is 0.581. The lowest BCUT2D eigenvalue weighted by Crippen LogP contribution is -2.06. The van der Waals surface area contributed by atoms with E-state index in [2.05, 4.69) is 34.6 Å². The van der Waals surface area contributed by atoms with Gasteiger partial charge in [-0.25, -0.2) is 0 Å². The minimum absolute atomic E-state index is 0.675. The predicted octanol–water partition coefficient (Wildman–Crippen LogP) is 3.71. The molecule has 0 radical (unpaired) electrons. The standard InChI is InChI=1S/C11H22/c1-8(2)6-9(3)10-7-11(10,4)5/h8-10H,6-7H2,1-5H3. The molecule has 0 N–H and O–H groups in total. The van der Waals surface area contributed by atoms with Crippen LogP contribution in [0, 0.1) is 23.2 Å². The molecule has 0 heteroatoms. The molecular weight excluding hydrogens is 132 g/mol. The van der Waals surface area contributed by atoms with E-state index in [9.17, 15) is 0 Å². The van der Waals surface area contributed by atoms with E-state index in [0.717, 1.165) is 17.8 Å². The van der Waals surface area contributed by atoms with E-state index < -0.39 is 0 Å². The molecule has 2 unspecified atom stereocenters. The first-order chi connectivity index (χ1) is 4.93. The maximum absolute atomic E-state index is 2.42. The molecule has 0 bridgehead atoms. The molecule has 0 saturated heterocycles. The van der Waals surface area contributed by atoms with Crippen molar-refractivity contribution in [1.29, 1.82) is 0 Å². The summed E-state index contributed by atoms with van der Waals surface area (Å²) in [5.74, 6) is 2.84. The Labute approximate surface area is 71.4 Å². The van der Waals surface area contributed by atoms with Crippen molar-refractivity contribution in [2.24, 2.45) is 23.2 Å². The summed E-state index contributed by atoms with van der Waals surface area (Å²) >= 11 is 0. The summed E-state index contributed by atoms with van der Waals surface area (Å²) in [6, 6.07) is 0. The fourth-order valence-corrected chi connectivity index (χ4v) is 2.39. The van der Waals surface area contributed by atoms with Crippen molar-refractivity contribution in [2.75, 3.05) is 0 Å². The van der Waals surface area contributed by atoms with Crippen molar-refractivity contribution in [3.05, 3.63) is 0 Å². The molecule has 0 aliphatic heterocycles. The molecule has 0 amide bonds. The highest BCUT2D eigenvalue weighted by Crippen LogP contribution is 2.56. The Morgan fingerprint density at radius 1 is 1.27 bits per heavy atom. The largest absolute Gasteiger partial charge is 0.0628 e. The minimum Gasteiger partial charge on any atom is -0.0628 e. The highest BCUT2D eigenvalue weighted by Gasteiger charge is 2.48. The van der Waals surface area contributed by atoms with Gasteiger partial charge in [-0.15, -0.1) is 0 Å². The van der Waals surface area contributed by atoms with Crippen molar-refractivity contribution in [3.63, 3.8) is 0 Å². The Kier molecular flexibility index (Phi) is 2.32. The Hall–Kier alpha value is 0. The highest BCUT2D eigenvalue weighted by molar-refractivity contribution is 4.97. The van der Waals surface area contributed by atoms with Crippen LogP contribution in [-0.2, 0) is 0 Å². The zero-order chi connectivity index (χ0) is 8.65. The van der Waals surface area contributed by atoms with E-state index in [1.54, 1.807) is 0 Å². The van der Waals surface area contributed by atoms with Gasteiger partial charge in [-0.1, -0.05) is 34.6 Å². The Morgan fingerprint density at radius 2 is 1.73 bits per heavy atom. The van der Waals surface area contributed by atoms with Crippen LogP contribution in [0.3, 0.4) is 0 Å². The van der Waals surface area contributed by atoms with Gasteiger partial charge in [-0.3, -0.25) is 0 Å². The number of hydrogen-bond donors (Lipinski definition) is 0. The lowest BCUT2D eigenvalue weighted by molar-refractivity contribution is 0.354. The molecule has 0 heterocycles. The van der Waals surface area contributed by atoms with Crippen LogP contribution < -0.4 is 0 Å². The van der Waals surface area contributed by atoms with Crippen molar-refractivity contribution in [3.8, 4) is 0 Å². The number of rotatable bonds is 3. The maximum Gasteiger partial charge on any atom is -0.0320 e. The molecule has 0 aromatic rings. The van der Waals surface area contributed by atoms with Gasteiger partial charge in [0.1, 0.15) is 0 Å². The summed E-state index contributed by atoms with van der Waals surface area (Å²) in [6.07, 6.45) is 2.87. The molecule has 11 heavy (non-hydrogen) atoms. The van der Waals surface area contributed by atoms with Crippen LogP contribution in [0.1, 0.15) is 47.5 Å². The van der Waals surface area contributed by atoms with Crippen molar-refractivity contribution in [2.45, 2.75) is 47.5 Å². The summed E-state index contributed by atoms with van der Waals surface area (Å²) in [4.78, 5) is 0. The molecule has 1 fully saturated rings. The van der Waals surface area contributed by atoms with Gasteiger partial charge in [-0.05, 0) is 36.0 Å². The molecule has 1 aliphatic carbocycles. The van der Waals surface area contributed by atoms with Crippen LogP contribution in [-0.4, -0.2) is 0 Å². The van der Waals surface area contributed by atoms with E-state index in [-0.39, 0.29) is 0 Å². The first kappa shape index (κ1) is 9.09. The average Bonchev–Trinajstić information content (AvgIpc) is 2.38. The third kappa shape index (κ3) is 2.21. The smallest absolute Gasteiger partial charge is 0.0320 e. The van der Waals surface area contributed by atoms with Gasteiger partial charge < -0.3 is 0 Å². The first-order valence-electron chi connectivity index (χ1n) is 4.93. The molecule has 1 aliphatic rings. The van der Waals surface area contributed by atoms with Crippen molar-refractivity contribution >= 4 is 0 Å². The van der Waals surface area contributed by atoms with Crippen molar-refractivity contribution < 1.29 is 0 Å². The summed E-state index contributed by atoms with van der Waals surface area (Å²) in [6.45, 7) is 11.9. The molecule has 0 nitrogen and oxygen atoms in total. The zero-order valence-corrected chi connectivity index (χ0v) is 8.65. The van der Waals surface area contributed by atoms with Gasteiger partial charge in [0.2, 0.25) is 0 Å². The van der Waals surface area contributed by atoms with E-state index >= 15 is 0 Å². The van der Waals surface area contributed by atoms with Crippen LogP contribution in [0.25, 0.3) is 0 Å². The van der Waals surface area contributed by atoms with Crippen LogP contribution >= 0.6 is 0 Å². The Morgan fingerprint density at radius 3 is 2.00 bits per heavy atom. The summed E-state index contributed by atoms with van der Waals surface area (Å²) in [5, 5.41) is 0. The second-order valence-corrected chi connectivity index (χ2v) is 5.41. The first-order valence-corrected chi connectivity index (χ1v) is 4.93. The Bertz CT molecular complexity index is 133.